The number of carbonyl (C=O) groups is 2. The highest BCUT2D eigenvalue weighted by Crippen LogP contribution is 2.54. The number of allylic oxidation sites excluding steroid dienone is 2. The number of ether oxygens (including phenoxy) is 3. The van der Waals surface area contributed by atoms with Gasteiger partial charge in [0.1, 0.15) is 5.75 Å². The van der Waals surface area contributed by atoms with E-state index in [1.165, 1.54) is 14.2 Å². The summed E-state index contributed by atoms with van der Waals surface area (Å²) in [4.78, 5) is 25.5. The number of benzene rings is 1. The Kier molecular flexibility index (Phi) is 4.35. The lowest BCUT2D eigenvalue weighted by Crippen LogP contribution is -2.53. The van der Waals surface area contributed by atoms with Gasteiger partial charge in [-0.15, -0.1) is 0 Å². The van der Waals surface area contributed by atoms with Crippen LogP contribution in [0.5, 0.6) is 5.75 Å². The van der Waals surface area contributed by atoms with Crippen LogP contribution < -0.4 is 4.74 Å². The minimum atomic E-state index is -1.33. The molecule has 0 amide bonds. The van der Waals surface area contributed by atoms with Crippen molar-refractivity contribution in [3.05, 3.63) is 41.5 Å². The predicted molar refractivity (Wildman–Crippen MR) is 87.8 cm³/mol. The standard InChI is InChI=1S/C19H22O5/c1-22-16-10-6-8-12-13-7-4-5-9-15(13)19(11-14(12)16,17(20)23-2)18(21)24-3/h4,6-8,10,13,15H,5,9,11H2,1-3H3/t13-,15-/m1/s1. The van der Waals surface area contributed by atoms with Gasteiger partial charge in [-0.2, -0.15) is 0 Å². The van der Waals surface area contributed by atoms with Crippen LogP contribution in [-0.4, -0.2) is 33.3 Å². The van der Waals surface area contributed by atoms with E-state index in [2.05, 4.69) is 12.2 Å². The first kappa shape index (κ1) is 16.6. The van der Waals surface area contributed by atoms with Crippen molar-refractivity contribution >= 4 is 11.9 Å². The van der Waals surface area contributed by atoms with Gasteiger partial charge in [-0.1, -0.05) is 24.3 Å². The van der Waals surface area contributed by atoms with Gasteiger partial charge in [0.05, 0.1) is 21.3 Å². The van der Waals surface area contributed by atoms with Gasteiger partial charge in [-0.05, 0) is 36.0 Å². The molecular formula is C19H22O5. The highest BCUT2D eigenvalue weighted by molar-refractivity contribution is 6.01. The van der Waals surface area contributed by atoms with Gasteiger partial charge in [-0.25, -0.2) is 0 Å². The summed E-state index contributed by atoms with van der Waals surface area (Å²) < 4.78 is 15.6. The van der Waals surface area contributed by atoms with Gasteiger partial charge in [0, 0.05) is 12.3 Å². The average molecular weight is 330 g/mol. The van der Waals surface area contributed by atoms with Crippen LogP contribution in [0.2, 0.25) is 0 Å². The fourth-order valence-electron chi connectivity index (χ4n) is 4.29. The van der Waals surface area contributed by atoms with Crippen molar-refractivity contribution in [2.75, 3.05) is 21.3 Å². The Morgan fingerprint density at radius 1 is 1.12 bits per heavy atom. The lowest BCUT2D eigenvalue weighted by atomic mass is 9.57. The van der Waals surface area contributed by atoms with Crippen LogP contribution in [0.1, 0.15) is 29.9 Å². The molecule has 0 saturated carbocycles. The molecule has 0 radical (unpaired) electrons. The second-order valence-electron chi connectivity index (χ2n) is 6.30. The summed E-state index contributed by atoms with van der Waals surface area (Å²) in [7, 11) is 4.23. The van der Waals surface area contributed by atoms with Gasteiger partial charge >= 0.3 is 11.9 Å². The van der Waals surface area contributed by atoms with Crippen molar-refractivity contribution in [1.29, 1.82) is 0 Å². The smallest absolute Gasteiger partial charge is 0.323 e. The van der Waals surface area contributed by atoms with Gasteiger partial charge < -0.3 is 14.2 Å². The van der Waals surface area contributed by atoms with Crippen LogP contribution >= 0.6 is 0 Å². The average Bonchev–Trinajstić information content (AvgIpc) is 2.65. The lowest BCUT2D eigenvalue weighted by Gasteiger charge is -2.45. The normalized spacial score (nSPS) is 23.6. The third kappa shape index (κ3) is 2.22. The fourth-order valence-corrected chi connectivity index (χ4v) is 4.29. The minimum Gasteiger partial charge on any atom is -0.496 e. The third-order valence-corrected chi connectivity index (χ3v) is 5.36. The molecule has 128 valence electrons. The van der Waals surface area contributed by atoms with E-state index < -0.39 is 17.4 Å². The van der Waals surface area contributed by atoms with Crippen LogP contribution in [0.3, 0.4) is 0 Å². The molecule has 0 aromatic heterocycles. The lowest BCUT2D eigenvalue weighted by molar-refractivity contribution is -0.175. The summed E-state index contributed by atoms with van der Waals surface area (Å²) in [6.45, 7) is 0. The van der Waals surface area contributed by atoms with Crippen LogP contribution in [0.15, 0.2) is 30.4 Å². The van der Waals surface area contributed by atoms with E-state index in [0.717, 1.165) is 24.0 Å². The molecule has 0 heterocycles. The van der Waals surface area contributed by atoms with Crippen LogP contribution in [0, 0.1) is 11.3 Å². The number of esters is 2. The SMILES string of the molecule is COC(=O)C1(C(=O)OC)Cc2c(OC)cccc2[C@H]2C=CCC[C@H]21. The molecule has 0 bridgehead atoms. The van der Waals surface area contributed by atoms with Crippen molar-refractivity contribution < 1.29 is 23.8 Å². The summed E-state index contributed by atoms with van der Waals surface area (Å²) in [6.07, 6.45) is 6.00. The Bertz CT molecular complexity index is 675. The third-order valence-electron chi connectivity index (χ3n) is 5.36. The van der Waals surface area contributed by atoms with E-state index in [-0.39, 0.29) is 18.3 Å². The number of methoxy groups -OCH3 is 3. The Labute approximate surface area is 141 Å². The number of rotatable bonds is 3. The van der Waals surface area contributed by atoms with E-state index in [9.17, 15) is 9.59 Å². The van der Waals surface area contributed by atoms with E-state index in [4.69, 9.17) is 14.2 Å². The monoisotopic (exact) mass is 330 g/mol. The number of hydrogen-bond acceptors (Lipinski definition) is 5. The molecule has 0 aliphatic heterocycles. The topological polar surface area (TPSA) is 61.8 Å². The highest BCUT2D eigenvalue weighted by Gasteiger charge is 2.59. The van der Waals surface area contributed by atoms with E-state index in [1.54, 1.807) is 7.11 Å². The van der Waals surface area contributed by atoms with E-state index in [1.807, 2.05) is 18.2 Å². The second-order valence-corrected chi connectivity index (χ2v) is 6.30. The van der Waals surface area contributed by atoms with Crippen LogP contribution in [0.4, 0.5) is 0 Å². The van der Waals surface area contributed by atoms with Gasteiger partial charge in [-0.3, -0.25) is 9.59 Å². The van der Waals surface area contributed by atoms with Gasteiger partial charge in [0.2, 0.25) is 0 Å². The summed E-state index contributed by atoms with van der Waals surface area (Å²) in [5.74, 6) is -0.590. The molecule has 0 unspecified atom stereocenters. The largest absolute Gasteiger partial charge is 0.496 e. The first-order chi connectivity index (χ1) is 11.6. The Morgan fingerprint density at radius 3 is 2.46 bits per heavy atom. The zero-order valence-corrected chi connectivity index (χ0v) is 14.2. The molecule has 0 fully saturated rings. The Morgan fingerprint density at radius 2 is 1.83 bits per heavy atom. The zero-order valence-electron chi connectivity index (χ0n) is 14.2. The van der Waals surface area contributed by atoms with Crippen molar-refractivity contribution in [2.45, 2.75) is 25.2 Å². The van der Waals surface area contributed by atoms with E-state index in [0.29, 0.717) is 5.75 Å². The first-order valence-corrected chi connectivity index (χ1v) is 8.09. The molecule has 0 spiro atoms. The minimum absolute atomic E-state index is 0.0317. The Hall–Kier alpha value is -2.30. The number of hydrogen-bond donors (Lipinski definition) is 0. The molecule has 2 aliphatic carbocycles. The summed E-state index contributed by atoms with van der Waals surface area (Å²) in [6, 6.07) is 5.84. The van der Waals surface area contributed by atoms with Crippen molar-refractivity contribution in [3.8, 4) is 5.75 Å². The van der Waals surface area contributed by atoms with Gasteiger partial charge in [0.25, 0.3) is 0 Å². The number of fused-ring (bicyclic) bond motifs is 3. The molecule has 5 nitrogen and oxygen atoms in total. The molecule has 1 aromatic rings. The fraction of sp³-hybridized carbons (Fsp3) is 0.474. The second kappa shape index (κ2) is 6.30. The molecule has 3 rings (SSSR count). The van der Waals surface area contributed by atoms with Crippen LogP contribution in [0.25, 0.3) is 0 Å². The molecule has 24 heavy (non-hydrogen) atoms. The molecule has 0 N–H and O–H groups in total. The molecule has 5 heteroatoms. The summed E-state index contributed by atoms with van der Waals surface area (Å²) in [5, 5.41) is 0. The van der Waals surface area contributed by atoms with Crippen molar-refractivity contribution in [1.82, 2.24) is 0 Å². The van der Waals surface area contributed by atoms with Crippen molar-refractivity contribution in [2.24, 2.45) is 11.3 Å². The zero-order chi connectivity index (χ0) is 17.3. The molecule has 2 atom stereocenters. The maximum atomic E-state index is 12.8. The maximum absolute atomic E-state index is 12.8. The Balaban J connectivity index is 2.26. The van der Waals surface area contributed by atoms with Crippen molar-refractivity contribution in [3.63, 3.8) is 0 Å². The number of carbonyl (C=O) groups excluding carboxylic acids is 2. The van der Waals surface area contributed by atoms with E-state index >= 15 is 0 Å². The summed E-state index contributed by atoms with van der Waals surface area (Å²) in [5.41, 5.74) is 0.655. The van der Waals surface area contributed by atoms with Crippen LogP contribution in [-0.2, 0) is 25.5 Å². The molecule has 1 aromatic carbocycles. The molecule has 0 saturated heterocycles. The maximum Gasteiger partial charge on any atom is 0.323 e. The predicted octanol–water partition coefficient (Wildman–Crippen LogP) is 2.63. The summed E-state index contributed by atoms with van der Waals surface area (Å²) >= 11 is 0. The first-order valence-electron chi connectivity index (χ1n) is 8.09. The molecule has 2 aliphatic rings. The highest BCUT2D eigenvalue weighted by atomic mass is 16.5. The molecular weight excluding hydrogens is 308 g/mol. The quantitative estimate of drug-likeness (QED) is 0.484. The van der Waals surface area contributed by atoms with Gasteiger partial charge in [0.15, 0.2) is 5.41 Å².